The minimum atomic E-state index is -2.32. The fraction of sp³-hybridized carbons (Fsp3) is 0.700. The van der Waals surface area contributed by atoms with E-state index in [0.29, 0.717) is 12.8 Å². The van der Waals surface area contributed by atoms with Crippen molar-refractivity contribution in [3.8, 4) is 0 Å². The van der Waals surface area contributed by atoms with Crippen LogP contribution in [-0.2, 0) is 28.2 Å². The molecule has 0 aliphatic heterocycles. The molecule has 0 saturated heterocycles. The van der Waals surface area contributed by atoms with Crippen LogP contribution in [-0.4, -0.2) is 65.5 Å². The Hall–Kier alpha value is -2.38. The third-order valence-electron chi connectivity index (χ3n) is 9.87. The van der Waals surface area contributed by atoms with Crippen molar-refractivity contribution in [1.29, 1.82) is 0 Å². The summed E-state index contributed by atoms with van der Waals surface area (Å²) in [5, 5.41) is 6.90. The highest BCUT2D eigenvalue weighted by Gasteiger charge is 2.48. The number of carbonyl (C=O) groups excluding carboxylic acids is 3. The van der Waals surface area contributed by atoms with Crippen LogP contribution in [0.4, 0.5) is 4.79 Å². The largest absolute Gasteiger partial charge is 0.508 e. The number of rotatable bonds is 22. The monoisotopic (exact) mass is 876 g/mol. The Labute approximate surface area is 354 Å². The Bertz CT molecular complexity index is 1580. The molecule has 316 valence electrons. The molecule has 1 aromatic rings. The number of nitrogens with zero attached hydrogens (tertiary/aromatic N) is 4. The number of esters is 1. The molecule has 56 heavy (non-hydrogen) atoms. The normalized spacial score (nSPS) is 16.1. The van der Waals surface area contributed by atoms with Gasteiger partial charge in [0.15, 0.2) is 8.32 Å². The van der Waals surface area contributed by atoms with Crippen molar-refractivity contribution in [3.63, 3.8) is 0 Å². The van der Waals surface area contributed by atoms with Gasteiger partial charge in [0.25, 0.3) is 0 Å². The first-order valence-corrected chi connectivity index (χ1v) is 23.7. The van der Waals surface area contributed by atoms with Crippen molar-refractivity contribution < 1.29 is 33.0 Å². The van der Waals surface area contributed by atoms with Crippen molar-refractivity contribution in [2.45, 2.75) is 155 Å². The lowest BCUT2D eigenvalue weighted by Crippen LogP contribution is -2.52. The van der Waals surface area contributed by atoms with Gasteiger partial charge in [-0.3, -0.25) is 9.59 Å². The predicted octanol–water partition coefficient (Wildman–Crippen LogP) is 12.7. The second-order valence-electron chi connectivity index (χ2n) is 16.0. The lowest BCUT2D eigenvalue weighted by Gasteiger charge is -2.42. The van der Waals surface area contributed by atoms with E-state index in [2.05, 4.69) is 35.8 Å². The highest BCUT2D eigenvalue weighted by atomic mass is 35.6. The molecule has 0 saturated carbocycles. The molecule has 0 fully saturated rings. The molecule has 0 N–H and O–H groups in total. The summed E-state index contributed by atoms with van der Waals surface area (Å²) in [6.45, 7) is 24.0. The van der Waals surface area contributed by atoms with Crippen LogP contribution in [0.25, 0.3) is 16.5 Å². The molecule has 5 atom stereocenters. The number of azide groups is 1. The van der Waals surface area contributed by atoms with E-state index >= 15 is 0 Å². The van der Waals surface area contributed by atoms with Gasteiger partial charge in [-0.15, -0.1) is 11.3 Å². The number of hydrogen-bond acceptors (Lipinski definition) is 10. The van der Waals surface area contributed by atoms with E-state index in [9.17, 15) is 19.9 Å². The summed E-state index contributed by atoms with van der Waals surface area (Å²) < 4.78 is 21.7. The average molecular weight is 878 g/mol. The van der Waals surface area contributed by atoms with Crippen LogP contribution in [0.15, 0.2) is 39.9 Å². The van der Waals surface area contributed by atoms with Gasteiger partial charge in [-0.25, -0.2) is 9.78 Å². The fourth-order valence-corrected chi connectivity index (χ4v) is 10.0. The SMILES string of the molecule is CC[Si](CC)(CC)O[C@@H](CC(=O)OC(C)(C)C)C(C)(C)C(=O)[C@H](C)[C@@H](OC(=O)OCC(Cl)(Cl)Cl)[C@@H](C)CC=CC(C)=CC[C@H](N=[N+]=[N-])C(C)=Cc1csc(C)n1. The third kappa shape index (κ3) is 18.0. The van der Waals surface area contributed by atoms with Crippen molar-refractivity contribution in [2.75, 3.05) is 6.61 Å². The summed E-state index contributed by atoms with van der Waals surface area (Å²) in [6, 6.07) is 2.06. The maximum atomic E-state index is 14.6. The van der Waals surface area contributed by atoms with Gasteiger partial charge in [0.05, 0.1) is 35.2 Å². The van der Waals surface area contributed by atoms with Crippen LogP contribution in [0.5, 0.6) is 0 Å². The second kappa shape index (κ2) is 23.3. The summed E-state index contributed by atoms with van der Waals surface area (Å²) in [7, 11) is -2.32. The molecule has 0 amide bonds. The number of aromatic nitrogens is 1. The molecule has 0 aliphatic rings. The standard InChI is InChI=1S/C40H63Cl3N4O7SSi/c1-14-56(15-2,16-3)54-33(23-34(48)53-38(9,10)11)39(12,13)36(49)29(7)35(52-37(50)51-25-40(41,42)43)27(5)19-17-18-26(4)20-21-32(46-47-44)28(6)22-31-24-55-30(8)45-31/h17-18,20,22,24,27,29,32-33,35H,14-16,19,21,23,25H2,1-13H3/t27-,29+,32-,33-,35-/m0/s1. The van der Waals surface area contributed by atoms with E-state index in [0.717, 1.165) is 40.0 Å². The molecule has 1 rings (SSSR count). The molecular weight excluding hydrogens is 815 g/mol. The molecule has 0 aromatic carbocycles. The minimum Gasteiger partial charge on any atom is -0.460 e. The summed E-state index contributed by atoms with van der Waals surface area (Å²) in [5.41, 5.74) is 9.95. The summed E-state index contributed by atoms with van der Waals surface area (Å²) in [4.78, 5) is 48.4. The van der Waals surface area contributed by atoms with Gasteiger partial charge < -0.3 is 18.6 Å². The van der Waals surface area contributed by atoms with Crippen molar-refractivity contribution in [3.05, 3.63) is 55.9 Å². The van der Waals surface area contributed by atoms with Gasteiger partial charge in [0.1, 0.15) is 24.1 Å². The number of Topliss-reactive ketones (excluding diaryl/α,β-unsaturated/α-hetero) is 1. The Morgan fingerprint density at radius 3 is 2.14 bits per heavy atom. The first kappa shape index (κ1) is 51.6. The molecule has 0 bridgehead atoms. The van der Waals surface area contributed by atoms with Crippen molar-refractivity contribution >= 4 is 78.4 Å². The maximum Gasteiger partial charge on any atom is 0.508 e. The fourth-order valence-electron chi connectivity index (χ4n) is 6.30. The van der Waals surface area contributed by atoms with E-state index in [1.165, 1.54) is 0 Å². The maximum absolute atomic E-state index is 14.6. The lowest BCUT2D eigenvalue weighted by molar-refractivity contribution is -0.159. The zero-order valence-corrected chi connectivity index (χ0v) is 39.5. The minimum absolute atomic E-state index is 0.113. The zero-order valence-electron chi connectivity index (χ0n) is 35.4. The number of thiazole rings is 1. The number of ether oxygens (including phenoxy) is 3. The van der Waals surface area contributed by atoms with Gasteiger partial charge in [-0.1, -0.05) is 118 Å². The number of alkyl halides is 3. The van der Waals surface area contributed by atoms with Crippen LogP contribution in [0.2, 0.25) is 18.1 Å². The van der Waals surface area contributed by atoms with Gasteiger partial charge in [-0.05, 0) is 90.0 Å². The molecule has 0 aliphatic carbocycles. The van der Waals surface area contributed by atoms with Gasteiger partial charge in [0.2, 0.25) is 3.79 Å². The molecule has 1 aromatic heterocycles. The Kier molecular flexibility index (Phi) is 21.5. The Balaban J connectivity index is 3.42. The molecular formula is C40H63Cl3N4O7SSi. The van der Waals surface area contributed by atoms with Gasteiger partial charge in [-0.2, -0.15) is 0 Å². The summed E-state index contributed by atoms with van der Waals surface area (Å²) in [5.74, 6) is -1.93. The number of allylic oxidation sites excluding steroid dienone is 3. The summed E-state index contributed by atoms with van der Waals surface area (Å²) >= 11 is 19.0. The molecule has 16 heteroatoms. The number of hydrogen-bond donors (Lipinski definition) is 0. The highest BCUT2D eigenvalue weighted by Crippen LogP contribution is 2.38. The Morgan fingerprint density at radius 2 is 1.64 bits per heavy atom. The zero-order chi connectivity index (χ0) is 43.1. The van der Waals surface area contributed by atoms with Gasteiger partial charge >= 0.3 is 12.1 Å². The molecule has 0 unspecified atom stereocenters. The number of halogens is 3. The first-order chi connectivity index (χ1) is 25.8. The first-order valence-electron chi connectivity index (χ1n) is 19.1. The van der Waals surface area contributed by atoms with E-state index < -0.39 is 60.0 Å². The highest BCUT2D eigenvalue weighted by molar-refractivity contribution is 7.09. The van der Waals surface area contributed by atoms with Crippen LogP contribution in [0.3, 0.4) is 0 Å². The number of ketones is 1. The van der Waals surface area contributed by atoms with Crippen LogP contribution in [0, 0.1) is 24.2 Å². The van der Waals surface area contributed by atoms with Crippen LogP contribution < -0.4 is 0 Å². The van der Waals surface area contributed by atoms with Crippen molar-refractivity contribution in [2.24, 2.45) is 22.4 Å². The third-order valence-corrected chi connectivity index (χ3v) is 15.6. The predicted molar refractivity (Wildman–Crippen MR) is 232 cm³/mol. The second-order valence-corrected chi connectivity index (χ2v) is 24.3. The van der Waals surface area contributed by atoms with E-state index in [1.807, 2.05) is 57.4 Å². The quantitative estimate of drug-likeness (QED) is 0.0212. The average Bonchev–Trinajstić information content (AvgIpc) is 3.51. The number of carbonyl (C=O) groups is 3. The van der Waals surface area contributed by atoms with Crippen LogP contribution >= 0.6 is 46.1 Å². The molecule has 11 nitrogen and oxygen atoms in total. The van der Waals surface area contributed by atoms with Gasteiger partial charge in [0, 0.05) is 15.7 Å². The summed E-state index contributed by atoms with van der Waals surface area (Å²) in [6.07, 6.45) is 5.74. The van der Waals surface area contributed by atoms with E-state index in [4.69, 9.17) is 53.4 Å². The molecule has 0 spiro atoms. The van der Waals surface area contributed by atoms with E-state index in [-0.39, 0.29) is 24.2 Å². The Morgan fingerprint density at radius 1 is 1.04 bits per heavy atom. The van der Waals surface area contributed by atoms with Crippen LogP contribution in [0.1, 0.15) is 113 Å². The molecule has 1 heterocycles. The number of aryl methyl sites for hydroxylation is 1. The van der Waals surface area contributed by atoms with E-state index in [1.54, 1.807) is 52.9 Å². The lowest BCUT2D eigenvalue weighted by atomic mass is 9.73. The topological polar surface area (TPSA) is 150 Å². The smallest absolute Gasteiger partial charge is 0.460 e. The van der Waals surface area contributed by atoms with Crippen molar-refractivity contribution in [1.82, 2.24) is 4.98 Å². The molecule has 0 radical (unpaired) electrons.